The first kappa shape index (κ1) is 25.1. The van der Waals surface area contributed by atoms with Crippen molar-refractivity contribution in [3.63, 3.8) is 0 Å². The van der Waals surface area contributed by atoms with E-state index < -0.39 is 29.5 Å². The van der Waals surface area contributed by atoms with E-state index in [-0.39, 0.29) is 28.2 Å². The SMILES string of the molecule is CC1=NN(c2ccc(C(F)(F)F)cc2)C(=O)C1/C(C)=N/NC(=O)c1ccc(C(=O)NC(C)C)s1. The Labute approximate surface area is 197 Å². The van der Waals surface area contributed by atoms with Crippen LogP contribution >= 0.6 is 11.3 Å². The molecule has 34 heavy (non-hydrogen) atoms. The second-order valence-electron chi connectivity index (χ2n) is 7.86. The maximum absolute atomic E-state index is 12.9. The molecule has 0 aliphatic carbocycles. The van der Waals surface area contributed by atoms with Crippen LogP contribution in [0.1, 0.15) is 52.6 Å². The van der Waals surface area contributed by atoms with Gasteiger partial charge in [-0.15, -0.1) is 11.3 Å². The average Bonchev–Trinajstić information content (AvgIpc) is 3.36. The number of nitrogens with one attached hydrogen (secondary N) is 2. The second kappa shape index (κ2) is 9.75. The van der Waals surface area contributed by atoms with Crippen LogP contribution in [0.4, 0.5) is 18.9 Å². The lowest BCUT2D eigenvalue weighted by Gasteiger charge is -2.15. The predicted molar refractivity (Wildman–Crippen MR) is 123 cm³/mol. The molecule has 0 saturated carbocycles. The molecule has 1 aliphatic heterocycles. The summed E-state index contributed by atoms with van der Waals surface area (Å²) in [6.07, 6.45) is -4.49. The van der Waals surface area contributed by atoms with Crippen LogP contribution in [0.5, 0.6) is 0 Å². The van der Waals surface area contributed by atoms with E-state index in [1.165, 1.54) is 19.1 Å². The van der Waals surface area contributed by atoms with Crippen LogP contribution < -0.4 is 15.8 Å². The van der Waals surface area contributed by atoms with Gasteiger partial charge in [-0.2, -0.15) is 28.4 Å². The summed E-state index contributed by atoms with van der Waals surface area (Å²) >= 11 is 1.00. The molecule has 0 fully saturated rings. The zero-order chi connectivity index (χ0) is 25.2. The van der Waals surface area contributed by atoms with Gasteiger partial charge in [0.05, 0.1) is 32.4 Å². The first-order valence-electron chi connectivity index (χ1n) is 10.2. The summed E-state index contributed by atoms with van der Waals surface area (Å²) in [5.41, 5.74) is 2.35. The van der Waals surface area contributed by atoms with Crippen LogP contribution in [-0.4, -0.2) is 35.2 Å². The van der Waals surface area contributed by atoms with E-state index in [1.54, 1.807) is 6.92 Å². The van der Waals surface area contributed by atoms with Crippen molar-refractivity contribution < 1.29 is 27.6 Å². The van der Waals surface area contributed by atoms with E-state index in [1.807, 2.05) is 13.8 Å². The molecule has 2 N–H and O–H groups in total. The minimum absolute atomic E-state index is 0.0462. The van der Waals surface area contributed by atoms with Crippen LogP contribution in [0.3, 0.4) is 0 Å². The molecule has 2 heterocycles. The van der Waals surface area contributed by atoms with Crippen molar-refractivity contribution in [2.45, 2.75) is 39.9 Å². The fraction of sp³-hybridized carbons (Fsp3) is 0.318. The van der Waals surface area contributed by atoms with Crippen molar-refractivity contribution in [3.05, 3.63) is 51.7 Å². The summed E-state index contributed by atoms with van der Waals surface area (Å²) < 4.78 is 38.4. The molecule has 3 amide bonds. The summed E-state index contributed by atoms with van der Waals surface area (Å²) in [5, 5.41) is 11.9. The number of carbonyl (C=O) groups excluding carboxylic acids is 3. The fourth-order valence-corrected chi connectivity index (χ4v) is 4.00. The summed E-state index contributed by atoms with van der Waals surface area (Å²) in [6, 6.07) is 7.07. The van der Waals surface area contributed by atoms with Gasteiger partial charge in [-0.1, -0.05) is 0 Å². The second-order valence-corrected chi connectivity index (χ2v) is 8.94. The van der Waals surface area contributed by atoms with Gasteiger partial charge >= 0.3 is 6.18 Å². The molecule has 2 aromatic rings. The monoisotopic (exact) mass is 493 g/mol. The normalized spacial score (nSPS) is 16.6. The number of thiophene rings is 1. The summed E-state index contributed by atoms with van der Waals surface area (Å²) in [4.78, 5) is 38.0. The van der Waals surface area contributed by atoms with Crippen LogP contribution in [0.2, 0.25) is 0 Å². The zero-order valence-electron chi connectivity index (χ0n) is 18.7. The minimum atomic E-state index is -4.49. The maximum Gasteiger partial charge on any atom is 0.416 e. The van der Waals surface area contributed by atoms with Gasteiger partial charge in [0.25, 0.3) is 17.7 Å². The molecule has 1 aromatic heterocycles. The molecule has 180 valence electrons. The van der Waals surface area contributed by atoms with Gasteiger partial charge in [-0.3, -0.25) is 14.4 Å². The summed E-state index contributed by atoms with van der Waals surface area (Å²) in [7, 11) is 0. The Morgan fingerprint density at radius 2 is 1.68 bits per heavy atom. The number of alkyl halides is 3. The van der Waals surface area contributed by atoms with E-state index in [0.29, 0.717) is 10.6 Å². The number of anilines is 1. The lowest BCUT2D eigenvalue weighted by molar-refractivity contribution is -0.137. The van der Waals surface area contributed by atoms with Crippen LogP contribution in [-0.2, 0) is 11.0 Å². The van der Waals surface area contributed by atoms with Gasteiger partial charge < -0.3 is 5.32 Å². The van der Waals surface area contributed by atoms with Gasteiger partial charge in [0.2, 0.25) is 0 Å². The molecule has 0 bridgehead atoms. The minimum Gasteiger partial charge on any atom is -0.349 e. The molecule has 1 aromatic carbocycles. The average molecular weight is 494 g/mol. The van der Waals surface area contributed by atoms with Crippen molar-refractivity contribution in [2.75, 3.05) is 5.01 Å². The van der Waals surface area contributed by atoms with Gasteiger partial charge in [0.1, 0.15) is 5.92 Å². The van der Waals surface area contributed by atoms with Crippen molar-refractivity contribution in [3.8, 4) is 0 Å². The van der Waals surface area contributed by atoms with E-state index >= 15 is 0 Å². The molecule has 0 spiro atoms. The first-order valence-corrected chi connectivity index (χ1v) is 11.0. The number of hydrogen-bond donors (Lipinski definition) is 2. The Bertz CT molecular complexity index is 1170. The van der Waals surface area contributed by atoms with Crippen LogP contribution in [0.25, 0.3) is 0 Å². The maximum atomic E-state index is 12.9. The number of rotatable bonds is 6. The quantitative estimate of drug-likeness (QED) is 0.469. The zero-order valence-corrected chi connectivity index (χ0v) is 19.5. The molecule has 12 heteroatoms. The highest BCUT2D eigenvalue weighted by molar-refractivity contribution is 7.15. The van der Waals surface area contributed by atoms with Crippen molar-refractivity contribution in [1.29, 1.82) is 0 Å². The van der Waals surface area contributed by atoms with Gasteiger partial charge in [0, 0.05) is 6.04 Å². The third-order valence-corrected chi connectivity index (χ3v) is 5.88. The number of hydrazone groups is 2. The number of benzene rings is 1. The highest BCUT2D eigenvalue weighted by Crippen LogP contribution is 2.32. The Kier molecular flexibility index (Phi) is 7.20. The Hall–Kier alpha value is -3.54. The van der Waals surface area contributed by atoms with E-state index in [2.05, 4.69) is 20.9 Å². The molecular formula is C22H22F3N5O3S. The van der Waals surface area contributed by atoms with Crippen molar-refractivity contribution >= 4 is 46.2 Å². The van der Waals surface area contributed by atoms with Crippen LogP contribution in [0, 0.1) is 5.92 Å². The van der Waals surface area contributed by atoms with E-state index in [9.17, 15) is 27.6 Å². The largest absolute Gasteiger partial charge is 0.416 e. The van der Waals surface area contributed by atoms with Gasteiger partial charge in [-0.05, 0) is 64.1 Å². The molecule has 0 radical (unpaired) electrons. The molecule has 0 saturated heterocycles. The standard InChI is InChI=1S/C22H22F3N5O3S/c1-11(2)26-19(31)16-9-10-17(34-16)20(32)28-27-12(3)18-13(4)29-30(21(18)33)15-7-5-14(6-8-15)22(23,24)25/h5-11,18H,1-4H3,(H,26,31)(H,28,32)/b27-12+. The third-order valence-electron chi connectivity index (χ3n) is 4.80. The molecule has 1 unspecified atom stereocenters. The smallest absolute Gasteiger partial charge is 0.349 e. The fourth-order valence-electron chi connectivity index (χ4n) is 3.20. The Morgan fingerprint density at radius 1 is 1.09 bits per heavy atom. The highest BCUT2D eigenvalue weighted by atomic mass is 32.1. The Balaban J connectivity index is 1.68. The number of halogens is 3. The molecule has 1 aliphatic rings. The third kappa shape index (κ3) is 5.50. The number of carbonyl (C=O) groups is 3. The van der Waals surface area contributed by atoms with Crippen LogP contribution in [0.15, 0.2) is 46.6 Å². The highest BCUT2D eigenvalue weighted by Gasteiger charge is 2.37. The Morgan fingerprint density at radius 3 is 2.24 bits per heavy atom. The molecular weight excluding hydrogens is 471 g/mol. The van der Waals surface area contributed by atoms with Gasteiger partial charge in [0.15, 0.2) is 0 Å². The lowest BCUT2D eigenvalue weighted by Crippen LogP contribution is -2.33. The topological polar surface area (TPSA) is 103 Å². The van der Waals surface area contributed by atoms with E-state index in [4.69, 9.17) is 0 Å². The van der Waals surface area contributed by atoms with Crippen molar-refractivity contribution in [1.82, 2.24) is 10.7 Å². The number of amides is 3. The first-order chi connectivity index (χ1) is 15.9. The van der Waals surface area contributed by atoms with Gasteiger partial charge in [-0.25, -0.2) is 5.43 Å². The molecule has 1 atom stereocenters. The number of nitrogens with zero attached hydrogens (tertiary/aromatic N) is 3. The molecule has 3 rings (SSSR count). The summed E-state index contributed by atoms with van der Waals surface area (Å²) in [5.74, 6) is -2.21. The predicted octanol–water partition coefficient (Wildman–Crippen LogP) is 4.05. The molecule has 8 nitrogen and oxygen atoms in total. The number of hydrogen-bond acceptors (Lipinski definition) is 6. The van der Waals surface area contributed by atoms with E-state index in [0.717, 1.165) is 40.6 Å². The lowest BCUT2D eigenvalue weighted by atomic mass is 9.99. The van der Waals surface area contributed by atoms with Crippen molar-refractivity contribution in [2.24, 2.45) is 16.1 Å². The summed E-state index contributed by atoms with van der Waals surface area (Å²) in [6.45, 7) is 6.77.